The summed E-state index contributed by atoms with van der Waals surface area (Å²) in [5.41, 5.74) is 1.24. The Hall–Kier alpha value is -2.08. The summed E-state index contributed by atoms with van der Waals surface area (Å²) in [5.74, 6) is -0.819. The van der Waals surface area contributed by atoms with Gasteiger partial charge in [0, 0.05) is 5.02 Å². The maximum atomic E-state index is 12.4. The van der Waals surface area contributed by atoms with Crippen molar-refractivity contribution < 1.29 is 14.6 Å². The number of benzene rings is 2. The summed E-state index contributed by atoms with van der Waals surface area (Å²) in [6.07, 6.45) is -1.88. The van der Waals surface area contributed by atoms with Crippen molar-refractivity contribution in [2.45, 2.75) is 6.23 Å². The van der Waals surface area contributed by atoms with Crippen molar-refractivity contribution >= 4 is 40.5 Å². The molecule has 7 heteroatoms. The molecule has 0 fully saturated rings. The van der Waals surface area contributed by atoms with Gasteiger partial charge >= 0.3 is 12.1 Å². The molecule has 0 radical (unpaired) electrons. The first-order valence-corrected chi connectivity index (χ1v) is 7.11. The smallest absolute Gasteiger partial charge is 0.347 e. The van der Waals surface area contributed by atoms with Gasteiger partial charge < -0.3 is 15.6 Å². The lowest BCUT2D eigenvalue weighted by molar-refractivity contribution is -0.531. The quantitative estimate of drug-likeness (QED) is 0.620. The van der Waals surface area contributed by atoms with Crippen molar-refractivity contribution in [3.05, 3.63) is 68.8 Å². The van der Waals surface area contributed by atoms with E-state index < -0.39 is 12.1 Å². The molecule has 1 atom stereocenters. The molecular weight excluding hydrogens is 327 g/mol. The normalized spacial score (nSPS) is 17.8. The predicted octanol–water partition coefficient (Wildman–Crippen LogP) is 2.61. The number of carbonyl (C=O) groups excluding carboxylic acids is 1. The van der Waals surface area contributed by atoms with E-state index in [1.807, 2.05) is 0 Å². The lowest BCUT2D eigenvalue weighted by Gasteiger charge is -2.13. The van der Waals surface area contributed by atoms with Crippen LogP contribution in [0, 0.1) is 5.21 Å². The highest BCUT2D eigenvalue weighted by atomic mass is 35.5. The molecule has 1 heterocycles. The molecule has 0 aromatic heterocycles. The number of aliphatic hydroxyl groups is 1. The van der Waals surface area contributed by atoms with Crippen molar-refractivity contribution in [2.75, 3.05) is 5.32 Å². The van der Waals surface area contributed by atoms with Gasteiger partial charge in [0.15, 0.2) is 0 Å². The minimum absolute atomic E-state index is 0.0777. The van der Waals surface area contributed by atoms with E-state index in [4.69, 9.17) is 23.2 Å². The number of hydrogen-bond donors (Lipinski definition) is 2. The summed E-state index contributed by atoms with van der Waals surface area (Å²) in [7, 11) is 0. The Morgan fingerprint density at radius 3 is 2.59 bits per heavy atom. The fraction of sp³-hybridized carbons (Fsp3) is 0.0667. The Labute approximate surface area is 136 Å². The molecular formula is C15H10Cl2N2O3. The Kier molecular flexibility index (Phi) is 3.78. The van der Waals surface area contributed by atoms with Gasteiger partial charge in [0.1, 0.15) is 0 Å². The van der Waals surface area contributed by atoms with E-state index in [1.165, 1.54) is 0 Å². The first-order valence-electron chi connectivity index (χ1n) is 6.36. The maximum Gasteiger partial charge on any atom is 0.347 e. The summed E-state index contributed by atoms with van der Waals surface area (Å²) in [6, 6.07) is 11.4. The van der Waals surface area contributed by atoms with Crippen molar-refractivity contribution in [1.82, 2.24) is 0 Å². The second-order valence-electron chi connectivity index (χ2n) is 4.71. The topological polar surface area (TPSA) is 75.4 Å². The number of amides is 1. The molecule has 112 valence electrons. The third-order valence-electron chi connectivity index (χ3n) is 3.30. The monoisotopic (exact) mass is 336 g/mol. The molecule has 0 spiro atoms. The highest BCUT2D eigenvalue weighted by Gasteiger charge is 2.34. The summed E-state index contributed by atoms with van der Waals surface area (Å²) in [4.78, 5) is 11.9. The van der Waals surface area contributed by atoms with Gasteiger partial charge in [-0.05, 0) is 30.3 Å². The second kappa shape index (κ2) is 5.61. The molecule has 0 aliphatic carbocycles. The zero-order valence-electron chi connectivity index (χ0n) is 11.1. The number of aliphatic hydroxyl groups excluding tert-OH is 1. The zero-order chi connectivity index (χ0) is 15.9. The Morgan fingerprint density at radius 2 is 1.86 bits per heavy atom. The van der Waals surface area contributed by atoms with Crippen molar-refractivity contribution in [2.24, 2.45) is 0 Å². The highest BCUT2D eigenvalue weighted by Crippen LogP contribution is 2.29. The summed E-state index contributed by atoms with van der Waals surface area (Å²) >= 11 is 12.2. The van der Waals surface area contributed by atoms with Crippen LogP contribution in [0.25, 0.3) is 0 Å². The molecule has 22 heavy (non-hydrogen) atoms. The maximum absolute atomic E-state index is 12.4. The number of nitrogens with one attached hydrogen (secondary N) is 1. The van der Waals surface area contributed by atoms with Crippen LogP contribution in [-0.2, 0) is 4.79 Å². The van der Waals surface area contributed by atoms with E-state index in [1.54, 1.807) is 42.5 Å². The zero-order valence-corrected chi connectivity index (χ0v) is 12.6. The number of benzodiazepines with no additional fused rings is 1. The number of carbonyl (C=O) groups is 1. The Morgan fingerprint density at radius 1 is 1.14 bits per heavy atom. The SMILES string of the molecule is O=C1Nc2ccc(Cl)cc2C(c2ccccc2Cl)=[N+]([O-])C1O. The number of hydrogen-bond acceptors (Lipinski definition) is 3. The Bertz CT molecular complexity index is 805. The number of hydroxylamine groups is 1. The third-order valence-corrected chi connectivity index (χ3v) is 3.87. The van der Waals surface area contributed by atoms with Crippen LogP contribution in [-0.4, -0.2) is 27.7 Å². The van der Waals surface area contributed by atoms with Crippen LogP contribution in [0.1, 0.15) is 11.1 Å². The van der Waals surface area contributed by atoms with Crippen LogP contribution < -0.4 is 5.32 Å². The number of nitrogens with zero attached hydrogens (tertiary/aromatic N) is 1. The molecule has 1 amide bonds. The average molecular weight is 337 g/mol. The summed E-state index contributed by atoms with van der Waals surface area (Å²) < 4.78 is 0.235. The van der Waals surface area contributed by atoms with Gasteiger partial charge in [0.05, 0.1) is 21.8 Å². The molecule has 1 unspecified atom stereocenters. The van der Waals surface area contributed by atoms with Gasteiger partial charge in [-0.3, -0.25) is 4.79 Å². The molecule has 2 N–H and O–H groups in total. The number of halogens is 2. The molecule has 0 saturated heterocycles. The van der Waals surface area contributed by atoms with E-state index in [0.717, 1.165) is 0 Å². The van der Waals surface area contributed by atoms with E-state index in [9.17, 15) is 15.1 Å². The van der Waals surface area contributed by atoms with Gasteiger partial charge in [0.2, 0.25) is 5.71 Å². The molecule has 5 nitrogen and oxygen atoms in total. The van der Waals surface area contributed by atoms with Crippen LogP contribution in [0.4, 0.5) is 5.69 Å². The first kappa shape index (κ1) is 14.8. The van der Waals surface area contributed by atoms with Crippen molar-refractivity contribution in [3.8, 4) is 0 Å². The van der Waals surface area contributed by atoms with Gasteiger partial charge in [-0.1, -0.05) is 35.3 Å². The van der Waals surface area contributed by atoms with E-state index in [2.05, 4.69) is 5.32 Å². The fourth-order valence-electron chi connectivity index (χ4n) is 2.28. The fourth-order valence-corrected chi connectivity index (χ4v) is 2.68. The van der Waals surface area contributed by atoms with Gasteiger partial charge in [-0.25, -0.2) is 0 Å². The third kappa shape index (κ3) is 2.43. The standard InChI is InChI=1S/C15H10Cl2N2O3/c16-8-5-6-12-10(7-8)13(9-3-1-2-4-11(9)17)19(22)15(21)14(20)18-12/h1-7,15,21H,(H,18,20). The van der Waals surface area contributed by atoms with E-state index in [0.29, 0.717) is 26.9 Å². The van der Waals surface area contributed by atoms with Crippen LogP contribution in [0.2, 0.25) is 10.0 Å². The largest absolute Gasteiger partial charge is 0.621 e. The van der Waals surface area contributed by atoms with E-state index >= 15 is 0 Å². The van der Waals surface area contributed by atoms with Crippen molar-refractivity contribution in [1.29, 1.82) is 0 Å². The van der Waals surface area contributed by atoms with Crippen LogP contribution in [0.3, 0.4) is 0 Å². The molecule has 1 aliphatic heterocycles. The van der Waals surface area contributed by atoms with E-state index in [-0.39, 0.29) is 10.5 Å². The van der Waals surface area contributed by atoms with Gasteiger partial charge in [-0.15, -0.1) is 0 Å². The lowest BCUT2D eigenvalue weighted by Crippen LogP contribution is -2.36. The number of rotatable bonds is 1. The molecule has 0 bridgehead atoms. The van der Waals surface area contributed by atoms with Crippen LogP contribution >= 0.6 is 23.2 Å². The van der Waals surface area contributed by atoms with Crippen LogP contribution in [0.5, 0.6) is 0 Å². The predicted molar refractivity (Wildman–Crippen MR) is 84.4 cm³/mol. The number of fused-ring (bicyclic) bond motifs is 1. The minimum atomic E-state index is -1.88. The molecule has 2 aromatic rings. The molecule has 1 aliphatic rings. The van der Waals surface area contributed by atoms with Crippen molar-refractivity contribution in [3.63, 3.8) is 0 Å². The molecule has 0 saturated carbocycles. The van der Waals surface area contributed by atoms with Crippen LogP contribution in [0.15, 0.2) is 42.5 Å². The Balaban J connectivity index is 2.36. The number of anilines is 1. The van der Waals surface area contributed by atoms with Gasteiger partial charge in [-0.2, -0.15) is 4.74 Å². The highest BCUT2D eigenvalue weighted by molar-refractivity contribution is 6.36. The second-order valence-corrected chi connectivity index (χ2v) is 5.55. The molecule has 3 rings (SSSR count). The lowest BCUT2D eigenvalue weighted by atomic mass is 10.0. The van der Waals surface area contributed by atoms with Gasteiger partial charge in [0.25, 0.3) is 0 Å². The first-order chi connectivity index (χ1) is 10.5. The average Bonchev–Trinajstić information content (AvgIpc) is 2.58. The molecule has 2 aromatic carbocycles. The summed E-state index contributed by atoms with van der Waals surface area (Å²) in [6.45, 7) is 0. The minimum Gasteiger partial charge on any atom is -0.621 e. The summed E-state index contributed by atoms with van der Waals surface area (Å²) in [5, 5.41) is 25.6.